The maximum absolute atomic E-state index is 10.9. The minimum Gasteiger partial charge on any atom is -0.477 e. The lowest BCUT2D eigenvalue weighted by Crippen LogP contribution is -2.35. The van der Waals surface area contributed by atoms with Crippen LogP contribution in [0.5, 0.6) is 0 Å². The first kappa shape index (κ1) is 12.8. The summed E-state index contributed by atoms with van der Waals surface area (Å²) < 4.78 is 0. The molecule has 0 aliphatic carbocycles. The van der Waals surface area contributed by atoms with Crippen molar-refractivity contribution in [3.05, 3.63) is 18.0 Å². The smallest absolute Gasteiger partial charge is 0.354 e. The Balaban J connectivity index is 2.01. The molecule has 2 rings (SSSR count). The maximum Gasteiger partial charge on any atom is 0.354 e. The minimum absolute atomic E-state index is 0.0654. The molecular weight excluding hydrogens is 230 g/mol. The van der Waals surface area contributed by atoms with Gasteiger partial charge in [0, 0.05) is 19.3 Å². The number of anilines is 1. The van der Waals surface area contributed by atoms with Crippen LogP contribution >= 0.6 is 0 Å². The van der Waals surface area contributed by atoms with E-state index in [-0.39, 0.29) is 5.69 Å². The van der Waals surface area contributed by atoms with Crippen molar-refractivity contribution >= 4 is 11.9 Å². The predicted octanol–water partition coefficient (Wildman–Crippen LogP) is 2.19. The minimum atomic E-state index is -1.00. The molecule has 0 atom stereocenters. The van der Waals surface area contributed by atoms with Crippen molar-refractivity contribution < 1.29 is 9.90 Å². The second kappa shape index (κ2) is 5.80. The van der Waals surface area contributed by atoms with Crippen molar-refractivity contribution in [2.24, 2.45) is 5.92 Å². The molecule has 2 heterocycles. The highest BCUT2D eigenvalue weighted by molar-refractivity contribution is 5.85. The summed E-state index contributed by atoms with van der Waals surface area (Å²) in [5.41, 5.74) is 0.0654. The number of carbonyl (C=O) groups is 1. The van der Waals surface area contributed by atoms with Gasteiger partial charge in [0.2, 0.25) is 5.95 Å². The van der Waals surface area contributed by atoms with Gasteiger partial charge in [-0.2, -0.15) is 0 Å². The van der Waals surface area contributed by atoms with E-state index in [0.29, 0.717) is 5.95 Å². The van der Waals surface area contributed by atoms with Crippen molar-refractivity contribution in [2.45, 2.75) is 32.6 Å². The second-order valence-electron chi connectivity index (χ2n) is 4.77. The molecule has 1 N–H and O–H groups in total. The molecule has 5 heteroatoms. The van der Waals surface area contributed by atoms with Crippen LogP contribution in [-0.4, -0.2) is 34.1 Å². The molecule has 5 nitrogen and oxygen atoms in total. The van der Waals surface area contributed by atoms with E-state index in [1.807, 2.05) is 0 Å². The number of hydrogen-bond acceptors (Lipinski definition) is 4. The third-order valence-corrected chi connectivity index (χ3v) is 3.46. The average Bonchev–Trinajstić information content (AvgIpc) is 2.40. The predicted molar refractivity (Wildman–Crippen MR) is 68.8 cm³/mol. The zero-order valence-corrected chi connectivity index (χ0v) is 10.7. The number of carboxylic acid groups (broad SMARTS) is 1. The van der Waals surface area contributed by atoms with E-state index in [0.717, 1.165) is 31.8 Å². The number of aromatic carboxylic acids is 1. The van der Waals surface area contributed by atoms with Crippen LogP contribution in [0.3, 0.4) is 0 Å². The molecule has 0 saturated carbocycles. The molecule has 1 aromatic heterocycles. The van der Waals surface area contributed by atoms with Gasteiger partial charge in [0.25, 0.3) is 0 Å². The summed E-state index contributed by atoms with van der Waals surface area (Å²) in [6.45, 7) is 4.06. The van der Waals surface area contributed by atoms with E-state index in [1.165, 1.54) is 25.1 Å². The van der Waals surface area contributed by atoms with Gasteiger partial charge in [-0.3, -0.25) is 0 Å². The van der Waals surface area contributed by atoms with Crippen molar-refractivity contribution in [3.63, 3.8) is 0 Å². The van der Waals surface area contributed by atoms with Gasteiger partial charge in [0.15, 0.2) is 5.69 Å². The maximum atomic E-state index is 10.9. The Kier molecular flexibility index (Phi) is 4.12. The number of aromatic nitrogens is 2. The first-order valence-corrected chi connectivity index (χ1v) is 6.52. The van der Waals surface area contributed by atoms with Gasteiger partial charge in [-0.25, -0.2) is 14.8 Å². The second-order valence-corrected chi connectivity index (χ2v) is 4.77. The summed E-state index contributed by atoms with van der Waals surface area (Å²) in [7, 11) is 0. The van der Waals surface area contributed by atoms with Crippen LogP contribution in [0, 0.1) is 5.92 Å². The van der Waals surface area contributed by atoms with Gasteiger partial charge in [-0.15, -0.1) is 0 Å². The van der Waals surface area contributed by atoms with E-state index in [1.54, 1.807) is 0 Å². The van der Waals surface area contributed by atoms with Gasteiger partial charge in [-0.1, -0.05) is 19.8 Å². The Hall–Kier alpha value is -1.65. The SMILES string of the molecule is CCCC1CCN(c2nccc(C(=O)O)n2)CC1. The number of nitrogens with zero attached hydrogens (tertiary/aromatic N) is 3. The van der Waals surface area contributed by atoms with E-state index in [2.05, 4.69) is 21.8 Å². The molecule has 0 aromatic carbocycles. The molecule has 0 bridgehead atoms. The summed E-state index contributed by atoms with van der Waals surface area (Å²) >= 11 is 0. The summed E-state index contributed by atoms with van der Waals surface area (Å²) in [4.78, 5) is 21.2. The van der Waals surface area contributed by atoms with E-state index >= 15 is 0 Å². The van der Waals surface area contributed by atoms with Crippen LogP contribution in [0.25, 0.3) is 0 Å². The number of carboxylic acids is 1. The van der Waals surface area contributed by atoms with E-state index < -0.39 is 5.97 Å². The molecule has 98 valence electrons. The van der Waals surface area contributed by atoms with Crippen LogP contribution in [0.4, 0.5) is 5.95 Å². The summed E-state index contributed by atoms with van der Waals surface area (Å²) in [5.74, 6) is 0.346. The fraction of sp³-hybridized carbons (Fsp3) is 0.615. The summed E-state index contributed by atoms with van der Waals surface area (Å²) in [6.07, 6.45) is 6.33. The topological polar surface area (TPSA) is 66.3 Å². The standard InChI is InChI=1S/C13H19N3O2/c1-2-3-10-5-8-16(9-6-10)13-14-7-4-11(15-13)12(17)18/h4,7,10H,2-3,5-6,8-9H2,1H3,(H,17,18). The molecule has 18 heavy (non-hydrogen) atoms. The molecule has 1 fully saturated rings. The molecule has 1 aliphatic heterocycles. The number of rotatable bonds is 4. The van der Waals surface area contributed by atoms with Gasteiger partial charge in [0.1, 0.15) is 0 Å². The number of hydrogen-bond donors (Lipinski definition) is 1. The van der Waals surface area contributed by atoms with Crippen LogP contribution in [0.15, 0.2) is 12.3 Å². The summed E-state index contributed by atoms with van der Waals surface area (Å²) in [5, 5.41) is 8.91. The normalized spacial score (nSPS) is 16.8. The van der Waals surface area contributed by atoms with Crippen LogP contribution in [0.1, 0.15) is 43.1 Å². The average molecular weight is 249 g/mol. The molecule has 0 spiro atoms. The monoisotopic (exact) mass is 249 g/mol. The third kappa shape index (κ3) is 2.97. The van der Waals surface area contributed by atoms with Gasteiger partial charge in [0.05, 0.1) is 0 Å². The molecule has 0 radical (unpaired) electrons. The quantitative estimate of drug-likeness (QED) is 0.886. The third-order valence-electron chi connectivity index (χ3n) is 3.46. The van der Waals surface area contributed by atoms with Crippen molar-refractivity contribution in [1.29, 1.82) is 0 Å². The van der Waals surface area contributed by atoms with Crippen LogP contribution < -0.4 is 4.90 Å². The Morgan fingerprint density at radius 3 is 2.83 bits per heavy atom. The lowest BCUT2D eigenvalue weighted by Gasteiger charge is -2.31. The largest absolute Gasteiger partial charge is 0.477 e. The molecule has 0 unspecified atom stereocenters. The Labute approximate surface area is 107 Å². The molecular formula is C13H19N3O2. The highest BCUT2D eigenvalue weighted by Crippen LogP contribution is 2.23. The lowest BCUT2D eigenvalue weighted by molar-refractivity contribution is 0.0690. The van der Waals surface area contributed by atoms with E-state index in [4.69, 9.17) is 5.11 Å². The van der Waals surface area contributed by atoms with Crippen molar-refractivity contribution in [3.8, 4) is 0 Å². The lowest BCUT2D eigenvalue weighted by atomic mass is 9.93. The number of piperidine rings is 1. The molecule has 1 aromatic rings. The van der Waals surface area contributed by atoms with Crippen molar-refractivity contribution in [1.82, 2.24) is 9.97 Å². The summed E-state index contributed by atoms with van der Waals surface area (Å²) in [6, 6.07) is 1.43. The van der Waals surface area contributed by atoms with Crippen molar-refractivity contribution in [2.75, 3.05) is 18.0 Å². The van der Waals surface area contributed by atoms with Crippen LogP contribution in [0.2, 0.25) is 0 Å². The molecule has 1 aliphatic rings. The Morgan fingerprint density at radius 1 is 1.50 bits per heavy atom. The highest BCUT2D eigenvalue weighted by Gasteiger charge is 2.20. The Morgan fingerprint density at radius 2 is 2.22 bits per heavy atom. The van der Waals surface area contributed by atoms with Gasteiger partial charge >= 0.3 is 5.97 Å². The highest BCUT2D eigenvalue weighted by atomic mass is 16.4. The zero-order valence-electron chi connectivity index (χ0n) is 10.7. The zero-order chi connectivity index (χ0) is 13.0. The molecule has 0 amide bonds. The van der Waals surface area contributed by atoms with Crippen LogP contribution in [-0.2, 0) is 0 Å². The fourth-order valence-corrected chi connectivity index (χ4v) is 2.45. The van der Waals surface area contributed by atoms with E-state index in [9.17, 15) is 4.79 Å². The Bertz CT molecular complexity index is 414. The molecule has 1 saturated heterocycles. The van der Waals surface area contributed by atoms with Gasteiger partial charge < -0.3 is 10.0 Å². The first-order valence-electron chi connectivity index (χ1n) is 6.52. The first-order chi connectivity index (χ1) is 8.70. The fourth-order valence-electron chi connectivity index (χ4n) is 2.45. The van der Waals surface area contributed by atoms with Gasteiger partial charge in [-0.05, 0) is 24.8 Å².